The monoisotopic (exact) mass is 244 g/mol. The van der Waals surface area contributed by atoms with Crippen molar-refractivity contribution in [3.8, 4) is 11.3 Å². The first-order chi connectivity index (χ1) is 8.69. The maximum absolute atomic E-state index is 11.1. The Bertz CT molecular complexity index is 530. The van der Waals surface area contributed by atoms with E-state index < -0.39 is 0 Å². The lowest BCUT2D eigenvalue weighted by Crippen LogP contribution is -2.21. The Kier molecular flexibility index (Phi) is 3.72. The fraction of sp³-hybridized carbons (Fsp3) is 0.308. The molecule has 0 bridgehead atoms. The summed E-state index contributed by atoms with van der Waals surface area (Å²) in [5.41, 5.74) is 2.86. The number of amides is 1. The van der Waals surface area contributed by atoms with E-state index in [9.17, 15) is 4.79 Å². The van der Waals surface area contributed by atoms with Crippen LogP contribution in [-0.4, -0.2) is 20.7 Å². The molecule has 0 atom stereocenters. The summed E-state index contributed by atoms with van der Waals surface area (Å²) in [6.07, 6.45) is 5.97. The van der Waals surface area contributed by atoms with Gasteiger partial charge in [0.1, 0.15) is 0 Å². The van der Waals surface area contributed by atoms with E-state index in [2.05, 4.69) is 15.4 Å². The van der Waals surface area contributed by atoms with Crippen LogP contribution in [0, 0.1) is 0 Å². The van der Waals surface area contributed by atoms with Crippen molar-refractivity contribution < 1.29 is 4.79 Å². The van der Waals surface area contributed by atoms with Crippen LogP contribution in [0.2, 0.25) is 0 Å². The number of carbonyl (C=O) groups is 1. The topological polar surface area (TPSA) is 59.8 Å². The minimum atomic E-state index is 0.0475. The second kappa shape index (κ2) is 5.44. The van der Waals surface area contributed by atoms with E-state index in [4.69, 9.17) is 0 Å². The molecule has 0 saturated heterocycles. The molecule has 2 rings (SSSR count). The highest BCUT2D eigenvalue weighted by Crippen LogP contribution is 2.15. The third-order valence-electron chi connectivity index (χ3n) is 2.64. The molecule has 94 valence electrons. The van der Waals surface area contributed by atoms with Gasteiger partial charge in [-0.05, 0) is 11.6 Å². The van der Waals surface area contributed by atoms with Gasteiger partial charge >= 0.3 is 0 Å². The maximum Gasteiger partial charge on any atom is 0.219 e. The zero-order valence-electron chi connectivity index (χ0n) is 10.6. The number of nitrogens with zero attached hydrogens (tertiary/aromatic N) is 3. The Morgan fingerprint density at radius 3 is 2.78 bits per heavy atom. The molecule has 5 heteroatoms. The fourth-order valence-electron chi connectivity index (χ4n) is 1.58. The summed E-state index contributed by atoms with van der Waals surface area (Å²) in [4.78, 5) is 15.5. The van der Waals surface area contributed by atoms with Crippen LogP contribution in [0.4, 0.5) is 0 Å². The predicted molar refractivity (Wildman–Crippen MR) is 68.6 cm³/mol. The molecule has 5 nitrogen and oxygen atoms in total. The standard InChI is InChI=1S/C13H16N4O/c1-3-13(18)15-7-10-4-5-12(14-6-10)11-8-16-17(2)9-11/h4-6,8-9H,3,7H2,1-2H3,(H,15,18). The van der Waals surface area contributed by atoms with Gasteiger partial charge in [-0.15, -0.1) is 0 Å². The molecule has 0 aromatic carbocycles. The molecule has 18 heavy (non-hydrogen) atoms. The minimum Gasteiger partial charge on any atom is -0.352 e. The fourth-order valence-corrected chi connectivity index (χ4v) is 1.58. The van der Waals surface area contributed by atoms with Crippen molar-refractivity contribution in [1.29, 1.82) is 0 Å². The van der Waals surface area contributed by atoms with Crippen molar-refractivity contribution in [3.63, 3.8) is 0 Å². The SMILES string of the molecule is CCC(=O)NCc1ccc(-c2cnn(C)c2)nc1. The first-order valence-corrected chi connectivity index (χ1v) is 5.89. The van der Waals surface area contributed by atoms with E-state index in [1.807, 2.05) is 32.3 Å². The minimum absolute atomic E-state index is 0.0475. The second-order valence-corrected chi connectivity index (χ2v) is 4.08. The Balaban J connectivity index is 2.03. The number of aryl methyl sites for hydroxylation is 1. The lowest BCUT2D eigenvalue weighted by atomic mass is 10.2. The van der Waals surface area contributed by atoms with Crippen LogP contribution in [0.1, 0.15) is 18.9 Å². The van der Waals surface area contributed by atoms with Gasteiger partial charge in [0.05, 0.1) is 11.9 Å². The van der Waals surface area contributed by atoms with Gasteiger partial charge in [-0.25, -0.2) is 0 Å². The number of nitrogens with one attached hydrogen (secondary N) is 1. The van der Waals surface area contributed by atoms with E-state index in [0.717, 1.165) is 16.8 Å². The van der Waals surface area contributed by atoms with E-state index in [1.54, 1.807) is 17.1 Å². The van der Waals surface area contributed by atoms with Crippen LogP contribution in [-0.2, 0) is 18.4 Å². The van der Waals surface area contributed by atoms with E-state index in [1.165, 1.54) is 0 Å². The predicted octanol–water partition coefficient (Wildman–Crippen LogP) is 1.51. The normalized spacial score (nSPS) is 10.3. The lowest BCUT2D eigenvalue weighted by Gasteiger charge is -2.04. The number of hydrogen-bond donors (Lipinski definition) is 1. The molecule has 2 aromatic rings. The van der Waals surface area contributed by atoms with Crippen LogP contribution >= 0.6 is 0 Å². The van der Waals surface area contributed by atoms with Crippen molar-refractivity contribution >= 4 is 5.91 Å². The molecule has 1 N–H and O–H groups in total. The Morgan fingerprint density at radius 2 is 2.22 bits per heavy atom. The summed E-state index contributed by atoms with van der Waals surface area (Å²) in [6.45, 7) is 2.35. The molecule has 0 aliphatic rings. The summed E-state index contributed by atoms with van der Waals surface area (Å²) in [5.74, 6) is 0.0475. The van der Waals surface area contributed by atoms with Crippen LogP contribution < -0.4 is 5.32 Å². The third-order valence-corrected chi connectivity index (χ3v) is 2.64. The summed E-state index contributed by atoms with van der Waals surface area (Å²) >= 11 is 0. The number of hydrogen-bond acceptors (Lipinski definition) is 3. The first-order valence-electron chi connectivity index (χ1n) is 5.89. The molecule has 0 aliphatic heterocycles. The van der Waals surface area contributed by atoms with Gasteiger partial charge in [0, 0.05) is 38.0 Å². The Morgan fingerprint density at radius 1 is 1.39 bits per heavy atom. The van der Waals surface area contributed by atoms with Crippen LogP contribution in [0.5, 0.6) is 0 Å². The molecular formula is C13H16N4O. The van der Waals surface area contributed by atoms with Gasteiger partial charge in [0.2, 0.25) is 5.91 Å². The average molecular weight is 244 g/mol. The number of pyridine rings is 1. The first kappa shape index (κ1) is 12.3. The van der Waals surface area contributed by atoms with Crippen molar-refractivity contribution in [2.45, 2.75) is 19.9 Å². The summed E-state index contributed by atoms with van der Waals surface area (Å²) in [5, 5.41) is 6.92. The maximum atomic E-state index is 11.1. The molecule has 0 spiro atoms. The van der Waals surface area contributed by atoms with Gasteiger partial charge in [-0.3, -0.25) is 14.5 Å². The molecule has 0 aliphatic carbocycles. The highest BCUT2D eigenvalue weighted by molar-refractivity contribution is 5.75. The van der Waals surface area contributed by atoms with Crippen molar-refractivity contribution in [1.82, 2.24) is 20.1 Å². The quantitative estimate of drug-likeness (QED) is 0.886. The second-order valence-electron chi connectivity index (χ2n) is 4.08. The Labute approximate surface area is 106 Å². The largest absolute Gasteiger partial charge is 0.352 e. The summed E-state index contributed by atoms with van der Waals surface area (Å²) in [7, 11) is 1.87. The van der Waals surface area contributed by atoms with Gasteiger partial charge in [-0.1, -0.05) is 13.0 Å². The number of carbonyl (C=O) groups excluding carboxylic acids is 1. The summed E-state index contributed by atoms with van der Waals surface area (Å²) in [6, 6.07) is 3.90. The van der Waals surface area contributed by atoms with Crippen molar-refractivity contribution in [3.05, 3.63) is 36.3 Å². The summed E-state index contributed by atoms with van der Waals surface area (Å²) < 4.78 is 1.74. The molecule has 2 heterocycles. The molecule has 0 fully saturated rings. The van der Waals surface area contributed by atoms with Crippen LogP contribution in [0.15, 0.2) is 30.7 Å². The van der Waals surface area contributed by atoms with E-state index in [0.29, 0.717) is 13.0 Å². The highest BCUT2D eigenvalue weighted by atomic mass is 16.1. The molecular weight excluding hydrogens is 228 g/mol. The molecule has 0 radical (unpaired) electrons. The highest BCUT2D eigenvalue weighted by Gasteiger charge is 2.02. The van der Waals surface area contributed by atoms with Crippen molar-refractivity contribution in [2.75, 3.05) is 0 Å². The van der Waals surface area contributed by atoms with Crippen LogP contribution in [0.25, 0.3) is 11.3 Å². The van der Waals surface area contributed by atoms with E-state index in [-0.39, 0.29) is 5.91 Å². The molecule has 0 saturated carbocycles. The van der Waals surface area contributed by atoms with Gasteiger partial charge in [0.15, 0.2) is 0 Å². The smallest absolute Gasteiger partial charge is 0.219 e. The Hall–Kier alpha value is -2.17. The van der Waals surface area contributed by atoms with E-state index >= 15 is 0 Å². The molecule has 0 unspecified atom stereocenters. The van der Waals surface area contributed by atoms with Gasteiger partial charge < -0.3 is 5.32 Å². The third kappa shape index (κ3) is 2.94. The molecule has 2 aromatic heterocycles. The van der Waals surface area contributed by atoms with Crippen LogP contribution in [0.3, 0.4) is 0 Å². The zero-order chi connectivity index (χ0) is 13.0. The lowest BCUT2D eigenvalue weighted by molar-refractivity contribution is -0.120. The number of aromatic nitrogens is 3. The average Bonchev–Trinajstić information content (AvgIpc) is 2.83. The van der Waals surface area contributed by atoms with Gasteiger partial charge in [-0.2, -0.15) is 5.10 Å². The number of rotatable bonds is 4. The van der Waals surface area contributed by atoms with Crippen molar-refractivity contribution in [2.24, 2.45) is 7.05 Å². The molecule has 1 amide bonds. The zero-order valence-corrected chi connectivity index (χ0v) is 10.6. The van der Waals surface area contributed by atoms with Gasteiger partial charge in [0.25, 0.3) is 0 Å².